The summed E-state index contributed by atoms with van der Waals surface area (Å²) in [6.07, 6.45) is 0.147. The molecular formula is C16H26N2O3. The Hall–Kier alpha value is -1.75. The molecule has 0 saturated heterocycles. The normalized spacial score (nSPS) is 12.0. The highest BCUT2D eigenvalue weighted by Gasteiger charge is 2.02. The molecule has 1 aromatic rings. The minimum atomic E-state index is -0.401. The number of hydrogen-bond donors (Lipinski definition) is 3. The smallest absolute Gasteiger partial charge is 0.314 e. The Morgan fingerprint density at radius 3 is 2.33 bits per heavy atom. The zero-order valence-corrected chi connectivity index (χ0v) is 13.1. The summed E-state index contributed by atoms with van der Waals surface area (Å²) in [6, 6.07) is 7.75. The number of urea groups is 1. The van der Waals surface area contributed by atoms with Crippen molar-refractivity contribution < 1.29 is 14.6 Å². The Balaban J connectivity index is 2.14. The van der Waals surface area contributed by atoms with Gasteiger partial charge in [-0.25, -0.2) is 4.79 Å². The Kier molecular flexibility index (Phi) is 7.61. The lowest BCUT2D eigenvalue weighted by Crippen LogP contribution is -2.38. The van der Waals surface area contributed by atoms with Gasteiger partial charge in [-0.1, -0.05) is 26.0 Å². The number of aliphatic hydroxyl groups is 1. The lowest BCUT2D eigenvalue weighted by atomic mass is 10.0. The third kappa shape index (κ3) is 7.56. The van der Waals surface area contributed by atoms with Crippen LogP contribution >= 0.6 is 0 Å². The topological polar surface area (TPSA) is 70.6 Å². The number of hydrogen-bond acceptors (Lipinski definition) is 3. The number of aliphatic hydroxyl groups excluding tert-OH is 1. The van der Waals surface area contributed by atoms with Gasteiger partial charge in [-0.05, 0) is 37.0 Å². The molecule has 5 heteroatoms. The molecule has 0 radical (unpaired) electrons. The molecule has 3 N–H and O–H groups in total. The molecule has 0 aliphatic heterocycles. The first-order valence-electron chi connectivity index (χ1n) is 7.41. The molecular weight excluding hydrogens is 268 g/mol. The fourth-order valence-electron chi connectivity index (χ4n) is 1.74. The van der Waals surface area contributed by atoms with E-state index in [9.17, 15) is 4.79 Å². The van der Waals surface area contributed by atoms with E-state index >= 15 is 0 Å². The minimum absolute atomic E-state index is 0.241. The second-order valence-electron chi connectivity index (χ2n) is 5.39. The standard InChI is InChI=1S/C16H26N2O3/c1-12(2)14-4-6-15(7-5-14)21-11-10-18-16(20)17-9-8-13(3)19/h4-7,12-13,19H,8-11H2,1-3H3,(H2,17,18,20). The summed E-state index contributed by atoms with van der Waals surface area (Å²) in [5, 5.41) is 14.4. The minimum Gasteiger partial charge on any atom is -0.492 e. The molecule has 0 saturated carbocycles. The molecule has 118 valence electrons. The highest BCUT2D eigenvalue weighted by atomic mass is 16.5. The molecule has 21 heavy (non-hydrogen) atoms. The highest BCUT2D eigenvalue weighted by Crippen LogP contribution is 2.18. The number of carbonyl (C=O) groups is 1. The Morgan fingerprint density at radius 2 is 1.76 bits per heavy atom. The first kappa shape index (κ1) is 17.3. The predicted molar refractivity (Wildman–Crippen MR) is 83.7 cm³/mol. The average molecular weight is 294 g/mol. The van der Waals surface area contributed by atoms with Crippen LogP contribution in [0.5, 0.6) is 5.75 Å². The van der Waals surface area contributed by atoms with E-state index in [4.69, 9.17) is 9.84 Å². The fourth-order valence-corrected chi connectivity index (χ4v) is 1.74. The van der Waals surface area contributed by atoms with Gasteiger partial charge in [0.1, 0.15) is 12.4 Å². The van der Waals surface area contributed by atoms with Gasteiger partial charge in [0, 0.05) is 6.54 Å². The number of benzene rings is 1. The van der Waals surface area contributed by atoms with Gasteiger partial charge in [-0.15, -0.1) is 0 Å². The third-order valence-electron chi connectivity index (χ3n) is 3.05. The molecule has 1 unspecified atom stereocenters. The molecule has 0 fully saturated rings. The van der Waals surface area contributed by atoms with Gasteiger partial charge in [0.05, 0.1) is 12.6 Å². The first-order valence-corrected chi connectivity index (χ1v) is 7.41. The van der Waals surface area contributed by atoms with E-state index in [1.165, 1.54) is 5.56 Å². The monoisotopic (exact) mass is 294 g/mol. The number of amides is 2. The first-order chi connectivity index (χ1) is 9.99. The van der Waals surface area contributed by atoms with E-state index in [0.717, 1.165) is 5.75 Å². The number of nitrogens with one attached hydrogen (secondary N) is 2. The van der Waals surface area contributed by atoms with Crippen molar-refractivity contribution in [3.63, 3.8) is 0 Å². The van der Waals surface area contributed by atoms with Crippen LogP contribution < -0.4 is 15.4 Å². The van der Waals surface area contributed by atoms with Gasteiger partial charge in [-0.2, -0.15) is 0 Å². The van der Waals surface area contributed by atoms with Crippen LogP contribution in [0.2, 0.25) is 0 Å². The maximum Gasteiger partial charge on any atom is 0.314 e. The van der Waals surface area contributed by atoms with Gasteiger partial charge in [0.15, 0.2) is 0 Å². The zero-order valence-electron chi connectivity index (χ0n) is 13.1. The highest BCUT2D eigenvalue weighted by molar-refractivity contribution is 5.73. The van der Waals surface area contributed by atoms with E-state index < -0.39 is 6.10 Å². The maximum atomic E-state index is 11.4. The quantitative estimate of drug-likeness (QED) is 0.644. The summed E-state index contributed by atoms with van der Waals surface area (Å²) >= 11 is 0. The Bertz CT molecular complexity index is 416. The average Bonchev–Trinajstić information content (AvgIpc) is 2.43. The van der Waals surface area contributed by atoms with Crippen LogP contribution in [0.4, 0.5) is 4.79 Å². The molecule has 0 aliphatic carbocycles. The van der Waals surface area contributed by atoms with Crippen molar-refractivity contribution in [3.8, 4) is 5.75 Å². The Labute approximate surface area is 126 Å². The number of carbonyl (C=O) groups excluding carboxylic acids is 1. The van der Waals surface area contributed by atoms with Crippen molar-refractivity contribution in [2.24, 2.45) is 0 Å². The second kappa shape index (κ2) is 9.23. The van der Waals surface area contributed by atoms with Gasteiger partial charge in [0.2, 0.25) is 0 Å². The molecule has 0 heterocycles. The molecule has 5 nitrogen and oxygen atoms in total. The van der Waals surface area contributed by atoms with E-state index in [2.05, 4.69) is 36.6 Å². The summed E-state index contributed by atoms with van der Waals surface area (Å²) < 4.78 is 5.55. The molecule has 0 aliphatic rings. The molecule has 1 atom stereocenters. The van der Waals surface area contributed by atoms with Crippen molar-refractivity contribution in [1.82, 2.24) is 10.6 Å². The maximum absolute atomic E-state index is 11.4. The number of ether oxygens (including phenoxy) is 1. The van der Waals surface area contributed by atoms with Crippen LogP contribution in [0.15, 0.2) is 24.3 Å². The molecule has 1 aromatic carbocycles. The van der Waals surface area contributed by atoms with E-state index in [-0.39, 0.29) is 6.03 Å². The van der Waals surface area contributed by atoms with Gasteiger partial charge in [0.25, 0.3) is 0 Å². The van der Waals surface area contributed by atoms with E-state index in [1.807, 2.05) is 12.1 Å². The summed E-state index contributed by atoms with van der Waals surface area (Å²) in [4.78, 5) is 11.4. The summed E-state index contributed by atoms with van der Waals surface area (Å²) in [5.74, 6) is 1.31. The molecule has 0 spiro atoms. The SMILES string of the molecule is CC(O)CCNC(=O)NCCOc1ccc(C(C)C)cc1. The van der Waals surface area contributed by atoms with Crippen LogP contribution in [0.25, 0.3) is 0 Å². The van der Waals surface area contributed by atoms with Crippen molar-refractivity contribution >= 4 is 6.03 Å². The fraction of sp³-hybridized carbons (Fsp3) is 0.562. The largest absolute Gasteiger partial charge is 0.492 e. The van der Waals surface area contributed by atoms with E-state index in [1.54, 1.807) is 6.92 Å². The van der Waals surface area contributed by atoms with Crippen molar-refractivity contribution in [2.75, 3.05) is 19.7 Å². The van der Waals surface area contributed by atoms with E-state index in [0.29, 0.717) is 32.0 Å². The lowest BCUT2D eigenvalue weighted by molar-refractivity contribution is 0.183. The van der Waals surface area contributed by atoms with Crippen molar-refractivity contribution in [3.05, 3.63) is 29.8 Å². The van der Waals surface area contributed by atoms with Gasteiger partial charge < -0.3 is 20.5 Å². The van der Waals surface area contributed by atoms with Crippen molar-refractivity contribution in [1.29, 1.82) is 0 Å². The zero-order chi connectivity index (χ0) is 15.7. The predicted octanol–water partition coefficient (Wildman–Crippen LogP) is 2.26. The van der Waals surface area contributed by atoms with Crippen LogP contribution in [0, 0.1) is 0 Å². The van der Waals surface area contributed by atoms with Gasteiger partial charge in [-0.3, -0.25) is 0 Å². The molecule has 0 bridgehead atoms. The van der Waals surface area contributed by atoms with Crippen LogP contribution in [0.3, 0.4) is 0 Å². The molecule has 1 rings (SSSR count). The van der Waals surface area contributed by atoms with Crippen LogP contribution in [-0.4, -0.2) is 36.9 Å². The molecule has 0 aromatic heterocycles. The van der Waals surface area contributed by atoms with Crippen molar-refractivity contribution in [2.45, 2.75) is 39.2 Å². The number of rotatable bonds is 8. The lowest BCUT2D eigenvalue weighted by Gasteiger charge is -2.10. The Morgan fingerprint density at radius 1 is 1.14 bits per heavy atom. The van der Waals surface area contributed by atoms with Crippen LogP contribution in [-0.2, 0) is 0 Å². The summed E-state index contributed by atoms with van der Waals surface area (Å²) in [7, 11) is 0. The third-order valence-corrected chi connectivity index (χ3v) is 3.05. The van der Waals surface area contributed by atoms with Crippen LogP contribution in [0.1, 0.15) is 38.7 Å². The summed E-state index contributed by atoms with van der Waals surface area (Å²) in [6.45, 7) is 7.31. The summed E-state index contributed by atoms with van der Waals surface area (Å²) in [5.41, 5.74) is 1.28. The molecule has 2 amide bonds. The second-order valence-corrected chi connectivity index (χ2v) is 5.39. The van der Waals surface area contributed by atoms with Gasteiger partial charge >= 0.3 is 6.03 Å².